The fourth-order valence-corrected chi connectivity index (χ4v) is 5.05. The summed E-state index contributed by atoms with van der Waals surface area (Å²) in [5.41, 5.74) is 2.64. The van der Waals surface area contributed by atoms with E-state index in [1.165, 1.54) is 11.1 Å². The number of carbonyl (C=O) groups excluding carboxylic acids is 1. The van der Waals surface area contributed by atoms with Crippen LogP contribution >= 0.6 is 0 Å². The molecule has 5 heteroatoms. The molecule has 2 aromatic rings. The van der Waals surface area contributed by atoms with Crippen molar-refractivity contribution in [2.24, 2.45) is 0 Å². The highest BCUT2D eigenvalue weighted by Crippen LogP contribution is 2.29. The molecule has 4 rings (SSSR count). The molecule has 0 bridgehead atoms. The Bertz CT molecular complexity index is 787. The monoisotopic (exact) mass is 421 g/mol. The Kier molecular flexibility index (Phi) is 7.06. The van der Waals surface area contributed by atoms with E-state index in [1.54, 1.807) is 0 Å². The zero-order valence-corrected chi connectivity index (χ0v) is 19.0. The normalized spacial score (nSPS) is 24.3. The van der Waals surface area contributed by atoms with Crippen LogP contribution in [0, 0.1) is 0 Å². The zero-order chi connectivity index (χ0) is 21.8. The molecule has 166 valence electrons. The minimum atomic E-state index is -0.0912. The number of piperazine rings is 1. The maximum absolute atomic E-state index is 13.2. The summed E-state index contributed by atoms with van der Waals surface area (Å²) in [6, 6.07) is 21.7. The Labute approximate surface area is 186 Å². The molecule has 31 heavy (non-hydrogen) atoms. The van der Waals surface area contributed by atoms with E-state index in [0.717, 1.165) is 26.2 Å². The van der Waals surface area contributed by atoms with Gasteiger partial charge in [-0.1, -0.05) is 60.7 Å². The van der Waals surface area contributed by atoms with Gasteiger partial charge >= 0.3 is 0 Å². The Balaban J connectivity index is 1.42. The van der Waals surface area contributed by atoms with Crippen molar-refractivity contribution >= 4 is 5.91 Å². The smallest absolute Gasteiger partial charge is 0.239 e. The third-order valence-corrected chi connectivity index (χ3v) is 6.58. The number of amides is 1. The van der Waals surface area contributed by atoms with Gasteiger partial charge in [0.2, 0.25) is 5.91 Å². The van der Waals surface area contributed by atoms with Gasteiger partial charge in [-0.2, -0.15) is 0 Å². The molecule has 2 heterocycles. The first-order valence-corrected chi connectivity index (χ1v) is 11.5. The maximum atomic E-state index is 13.2. The summed E-state index contributed by atoms with van der Waals surface area (Å²) >= 11 is 0. The highest BCUT2D eigenvalue weighted by molar-refractivity contribution is 5.81. The SMILES string of the molecule is CC1CN(C(=O)C(C)N2CCN(C(c3ccccc3)c3ccccc3)CC2)CC(C)O1. The van der Waals surface area contributed by atoms with Gasteiger partial charge < -0.3 is 9.64 Å². The van der Waals surface area contributed by atoms with Crippen LogP contribution in [-0.4, -0.2) is 78.1 Å². The van der Waals surface area contributed by atoms with E-state index in [0.29, 0.717) is 13.1 Å². The van der Waals surface area contributed by atoms with Crippen molar-refractivity contribution in [1.82, 2.24) is 14.7 Å². The van der Waals surface area contributed by atoms with Crippen LogP contribution in [0.25, 0.3) is 0 Å². The third-order valence-electron chi connectivity index (χ3n) is 6.58. The number of carbonyl (C=O) groups is 1. The summed E-state index contributed by atoms with van der Waals surface area (Å²) < 4.78 is 5.80. The molecule has 1 amide bonds. The first-order chi connectivity index (χ1) is 15.0. The predicted octanol–water partition coefficient (Wildman–Crippen LogP) is 3.42. The third kappa shape index (κ3) is 5.17. The molecule has 5 nitrogen and oxygen atoms in total. The predicted molar refractivity (Wildman–Crippen MR) is 124 cm³/mol. The minimum Gasteiger partial charge on any atom is -0.372 e. The Morgan fingerprint density at radius 3 is 1.74 bits per heavy atom. The quantitative estimate of drug-likeness (QED) is 0.741. The summed E-state index contributed by atoms with van der Waals surface area (Å²) in [6.45, 7) is 11.2. The standard InChI is InChI=1S/C26H35N3O2/c1-20-18-29(19-21(2)31-20)26(30)22(3)27-14-16-28(17-15-27)25(23-10-6-4-7-11-23)24-12-8-5-9-13-24/h4-13,20-22,25H,14-19H2,1-3H3. The van der Waals surface area contributed by atoms with E-state index < -0.39 is 0 Å². The van der Waals surface area contributed by atoms with Crippen LogP contribution in [0.5, 0.6) is 0 Å². The summed E-state index contributed by atoms with van der Waals surface area (Å²) in [4.78, 5) is 20.1. The molecule has 2 aliphatic rings. The summed E-state index contributed by atoms with van der Waals surface area (Å²) in [5, 5.41) is 0. The Hall–Kier alpha value is -2.21. The van der Waals surface area contributed by atoms with Crippen LogP contribution in [-0.2, 0) is 9.53 Å². The second kappa shape index (κ2) is 9.94. The summed E-state index contributed by atoms with van der Waals surface area (Å²) in [7, 11) is 0. The van der Waals surface area contributed by atoms with E-state index in [1.807, 2.05) is 18.7 Å². The Morgan fingerprint density at radius 2 is 1.26 bits per heavy atom. The molecule has 0 radical (unpaired) electrons. The van der Waals surface area contributed by atoms with Gasteiger partial charge in [0, 0.05) is 39.3 Å². The largest absolute Gasteiger partial charge is 0.372 e. The van der Waals surface area contributed by atoms with Crippen LogP contribution in [0.4, 0.5) is 0 Å². The van der Waals surface area contributed by atoms with Crippen LogP contribution in [0.3, 0.4) is 0 Å². The Morgan fingerprint density at radius 1 is 0.806 bits per heavy atom. The number of nitrogens with zero attached hydrogens (tertiary/aromatic N) is 3. The van der Waals surface area contributed by atoms with Crippen molar-refractivity contribution < 1.29 is 9.53 Å². The number of hydrogen-bond donors (Lipinski definition) is 0. The number of benzene rings is 2. The van der Waals surface area contributed by atoms with Crippen molar-refractivity contribution in [2.45, 2.75) is 45.1 Å². The maximum Gasteiger partial charge on any atom is 0.239 e. The molecular formula is C26H35N3O2. The van der Waals surface area contributed by atoms with Crippen LogP contribution in [0.2, 0.25) is 0 Å². The van der Waals surface area contributed by atoms with E-state index >= 15 is 0 Å². The molecule has 0 aromatic heterocycles. The number of ether oxygens (including phenoxy) is 1. The van der Waals surface area contributed by atoms with Crippen molar-refractivity contribution in [1.29, 1.82) is 0 Å². The number of hydrogen-bond acceptors (Lipinski definition) is 4. The van der Waals surface area contributed by atoms with Gasteiger partial charge in [-0.3, -0.25) is 14.6 Å². The van der Waals surface area contributed by atoms with Crippen LogP contribution in [0.1, 0.15) is 37.9 Å². The molecular weight excluding hydrogens is 386 g/mol. The van der Waals surface area contributed by atoms with E-state index in [2.05, 4.69) is 77.4 Å². The van der Waals surface area contributed by atoms with Crippen molar-refractivity contribution in [2.75, 3.05) is 39.3 Å². The lowest BCUT2D eigenvalue weighted by Crippen LogP contribution is -2.57. The lowest BCUT2D eigenvalue weighted by molar-refractivity contribution is -0.148. The van der Waals surface area contributed by atoms with Crippen molar-refractivity contribution in [3.05, 3.63) is 71.8 Å². The zero-order valence-electron chi connectivity index (χ0n) is 19.0. The van der Waals surface area contributed by atoms with Gasteiger partial charge in [0.1, 0.15) is 0 Å². The molecule has 3 atom stereocenters. The molecule has 2 aromatic carbocycles. The highest BCUT2D eigenvalue weighted by atomic mass is 16.5. The van der Waals surface area contributed by atoms with Gasteiger partial charge in [-0.05, 0) is 31.9 Å². The first kappa shape index (κ1) is 22.0. The van der Waals surface area contributed by atoms with Gasteiger partial charge in [0.25, 0.3) is 0 Å². The lowest BCUT2D eigenvalue weighted by atomic mass is 9.96. The van der Waals surface area contributed by atoms with Gasteiger partial charge in [-0.15, -0.1) is 0 Å². The topological polar surface area (TPSA) is 36.0 Å². The molecule has 0 spiro atoms. The van der Waals surface area contributed by atoms with Crippen LogP contribution in [0.15, 0.2) is 60.7 Å². The van der Waals surface area contributed by atoms with E-state index in [-0.39, 0.29) is 30.2 Å². The average Bonchev–Trinajstić information content (AvgIpc) is 2.79. The number of morpholine rings is 1. The molecule has 0 saturated carbocycles. The van der Waals surface area contributed by atoms with Crippen LogP contribution < -0.4 is 0 Å². The molecule has 3 unspecified atom stereocenters. The molecule has 2 fully saturated rings. The summed E-state index contributed by atoms with van der Waals surface area (Å²) in [5.74, 6) is 0.234. The van der Waals surface area contributed by atoms with Crippen molar-refractivity contribution in [3.63, 3.8) is 0 Å². The summed E-state index contributed by atoms with van der Waals surface area (Å²) in [6.07, 6.45) is 0.212. The fourth-order valence-electron chi connectivity index (χ4n) is 5.05. The van der Waals surface area contributed by atoms with Gasteiger partial charge in [0.05, 0.1) is 24.3 Å². The fraction of sp³-hybridized carbons (Fsp3) is 0.500. The second-order valence-corrected chi connectivity index (χ2v) is 8.97. The number of rotatable bonds is 5. The van der Waals surface area contributed by atoms with Crippen molar-refractivity contribution in [3.8, 4) is 0 Å². The van der Waals surface area contributed by atoms with E-state index in [4.69, 9.17) is 4.74 Å². The van der Waals surface area contributed by atoms with Gasteiger partial charge in [0.15, 0.2) is 0 Å². The second-order valence-electron chi connectivity index (χ2n) is 8.97. The molecule has 2 saturated heterocycles. The molecule has 0 aliphatic carbocycles. The average molecular weight is 422 g/mol. The van der Waals surface area contributed by atoms with E-state index in [9.17, 15) is 4.79 Å². The highest BCUT2D eigenvalue weighted by Gasteiger charge is 2.34. The molecule has 2 aliphatic heterocycles. The van der Waals surface area contributed by atoms with Gasteiger partial charge in [-0.25, -0.2) is 0 Å². The molecule has 0 N–H and O–H groups in total. The lowest BCUT2D eigenvalue weighted by Gasteiger charge is -2.43. The first-order valence-electron chi connectivity index (χ1n) is 11.5. The minimum absolute atomic E-state index is 0.0912.